The van der Waals surface area contributed by atoms with E-state index in [2.05, 4.69) is 15.3 Å². The predicted octanol–water partition coefficient (Wildman–Crippen LogP) is 3.49. The summed E-state index contributed by atoms with van der Waals surface area (Å²) < 4.78 is 34.3. The number of benzene rings is 2. The van der Waals surface area contributed by atoms with Crippen molar-refractivity contribution in [2.45, 2.75) is 11.8 Å². The van der Waals surface area contributed by atoms with E-state index < -0.39 is 11.6 Å². The molecule has 0 amide bonds. The van der Waals surface area contributed by atoms with Gasteiger partial charge in [-0.1, -0.05) is 30.0 Å². The van der Waals surface area contributed by atoms with Gasteiger partial charge >= 0.3 is 0 Å². The maximum Gasteiger partial charge on any atom is 0.212 e. The number of fused-ring (bicyclic) bond motifs is 1. The normalized spacial score (nSPS) is 13.3. The maximum absolute atomic E-state index is 14.0. The molecule has 126 valence electrons. The average molecular weight is 358 g/mol. The first-order chi connectivity index (χ1) is 12.2. The second-order valence-corrected chi connectivity index (χ2v) is 6.21. The van der Waals surface area contributed by atoms with Crippen molar-refractivity contribution in [3.05, 3.63) is 71.6 Å². The van der Waals surface area contributed by atoms with Crippen LogP contribution < -0.4 is 4.74 Å². The summed E-state index contributed by atoms with van der Waals surface area (Å²) in [6.07, 6.45) is 0. The van der Waals surface area contributed by atoms with Crippen molar-refractivity contribution in [2.24, 2.45) is 5.10 Å². The van der Waals surface area contributed by atoms with Crippen molar-refractivity contribution >= 4 is 17.5 Å². The van der Waals surface area contributed by atoms with E-state index in [0.717, 1.165) is 6.07 Å². The standard InChI is InChI=1S/C17H12F2N4OS/c18-11-6-7-13(14(19)8-11)15-10-25-17-21-20-16(23(17)22-15)9-24-12-4-2-1-3-5-12/h1-8H,9-10H2. The second kappa shape index (κ2) is 6.64. The number of rotatable bonds is 4. The first-order valence-electron chi connectivity index (χ1n) is 7.49. The van der Waals surface area contributed by atoms with E-state index >= 15 is 0 Å². The summed E-state index contributed by atoms with van der Waals surface area (Å²) >= 11 is 1.39. The molecule has 0 bridgehead atoms. The molecule has 0 unspecified atom stereocenters. The van der Waals surface area contributed by atoms with Crippen molar-refractivity contribution in [1.82, 2.24) is 14.9 Å². The zero-order chi connectivity index (χ0) is 17.2. The Morgan fingerprint density at radius 1 is 1.08 bits per heavy atom. The maximum atomic E-state index is 14.0. The Balaban J connectivity index is 1.61. The monoisotopic (exact) mass is 358 g/mol. The molecule has 0 N–H and O–H groups in total. The van der Waals surface area contributed by atoms with Gasteiger partial charge in [0.1, 0.15) is 24.0 Å². The van der Waals surface area contributed by atoms with Gasteiger partial charge in [0.2, 0.25) is 5.16 Å². The third-order valence-corrected chi connectivity index (χ3v) is 4.52. The molecule has 3 aromatic rings. The second-order valence-electron chi connectivity index (χ2n) is 5.27. The van der Waals surface area contributed by atoms with Crippen LogP contribution in [0.25, 0.3) is 0 Å². The first kappa shape index (κ1) is 15.8. The molecular weight excluding hydrogens is 346 g/mol. The summed E-state index contributed by atoms with van der Waals surface area (Å²) in [6.45, 7) is 0.181. The molecule has 1 aromatic heterocycles. The Morgan fingerprint density at radius 2 is 1.92 bits per heavy atom. The summed E-state index contributed by atoms with van der Waals surface area (Å²) in [6, 6.07) is 12.8. The Kier molecular flexibility index (Phi) is 4.19. The Bertz CT molecular complexity index is 943. The average Bonchev–Trinajstić information content (AvgIpc) is 3.03. The topological polar surface area (TPSA) is 52.3 Å². The highest BCUT2D eigenvalue weighted by Crippen LogP contribution is 2.25. The SMILES string of the molecule is Fc1ccc(C2=Nn3c(COc4ccccc4)nnc3SC2)c(F)c1. The van der Waals surface area contributed by atoms with Crippen LogP contribution in [-0.4, -0.2) is 26.3 Å². The number of para-hydroxylation sites is 1. The van der Waals surface area contributed by atoms with Crippen molar-refractivity contribution in [1.29, 1.82) is 0 Å². The molecule has 0 aliphatic carbocycles. The van der Waals surface area contributed by atoms with Crippen molar-refractivity contribution in [2.75, 3.05) is 5.75 Å². The summed E-state index contributed by atoms with van der Waals surface area (Å²) in [4.78, 5) is 0. The molecule has 4 rings (SSSR count). The number of halogens is 2. The third kappa shape index (κ3) is 3.25. The van der Waals surface area contributed by atoms with Gasteiger partial charge in [0.25, 0.3) is 0 Å². The number of hydrogen-bond donors (Lipinski definition) is 0. The number of thioether (sulfide) groups is 1. The van der Waals surface area contributed by atoms with Crippen LogP contribution in [0.3, 0.4) is 0 Å². The number of hydrogen-bond acceptors (Lipinski definition) is 5. The van der Waals surface area contributed by atoms with Crippen molar-refractivity contribution < 1.29 is 13.5 Å². The van der Waals surface area contributed by atoms with Crippen molar-refractivity contribution in [3.8, 4) is 5.75 Å². The fourth-order valence-electron chi connectivity index (χ4n) is 2.38. The van der Waals surface area contributed by atoms with Crippen LogP contribution in [-0.2, 0) is 6.61 Å². The molecule has 0 saturated carbocycles. The van der Waals surface area contributed by atoms with Gasteiger partial charge in [-0.3, -0.25) is 0 Å². The lowest BCUT2D eigenvalue weighted by atomic mass is 10.1. The molecule has 5 nitrogen and oxygen atoms in total. The third-order valence-electron chi connectivity index (χ3n) is 3.59. The molecule has 0 atom stereocenters. The highest BCUT2D eigenvalue weighted by atomic mass is 32.2. The van der Waals surface area contributed by atoms with Crippen molar-refractivity contribution in [3.63, 3.8) is 0 Å². The molecule has 2 aromatic carbocycles. The van der Waals surface area contributed by atoms with E-state index in [1.807, 2.05) is 30.3 Å². The van der Waals surface area contributed by atoms with Gasteiger partial charge in [-0.2, -0.15) is 9.78 Å². The zero-order valence-corrected chi connectivity index (χ0v) is 13.7. The quantitative estimate of drug-likeness (QED) is 0.716. The van der Waals surface area contributed by atoms with Gasteiger partial charge in [-0.25, -0.2) is 8.78 Å². The molecule has 8 heteroatoms. The minimum atomic E-state index is -0.641. The molecule has 0 saturated heterocycles. The van der Waals surface area contributed by atoms with Gasteiger partial charge in [-0.15, -0.1) is 10.2 Å². The van der Waals surface area contributed by atoms with Gasteiger partial charge in [0.05, 0.1) is 5.71 Å². The lowest BCUT2D eigenvalue weighted by Crippen LogP contribution is -2.16. The Labute approximate surface area is 146 Å². The zero-order valence-electron chi connectivity index (χ0n) is 12.9. The van der Waals surface area contributed by atoms with Gasteiger partial charge < -0.3 is 4.74 Å². The summed E-state index contributed by atoms with van der Waals surface area (Å²) in [5.74, 6) is 0.383. The lowest BCUT2D eigenvalue weighted by molar-refractivity contribution is 0.290. The van der Waals surface area contributed by atoms with E-state index in [1.165, 1.54) is 28.6 Å². The largest absolute Gasteiger partial charge is 0.486 e. The Morgan fingerprint density at radius 3 is 2.72 bits per heavy atom. The van der Waals surface area contributed by atoms with E-state index in [0.29, 0.717) is 28.2 Å². The van der Waals surface area contributed by atoms with E-state index in [-0.39, 0.29) is 12.2 Å². The van der Waals surface area contributed by atoms with Crippen LogP contribution in [0, 0.1) is 11.6 Å². The van der Waals surface area contributed by atoms with Crippen LogP contribution in [0.15, 0.2) is 58.8 Å². The minimum absolute atomic E-state index is 0.181. The van der Waals surface area contributed by atoms with E-state index in [1.54, 1.807) is 0 Å². The molecule has 2 heterocycles. The van der Waals surface area contributed by atoms with Gasteiger partial charge in [-0.05, 0) is 24.3 Å². The van der Waals surface area contributed by atoms with Gasteiger partial charge in [0, 0.05) is 17.4 Å². The fourth-order valence-corrected chi connectivity index (χ4v) is 3.22. The first-order valence-corrected chi connectivity index (χ1v) is 8.47. The van der Waals surface area contributed by atoms with E-state index in [4.69, 9.17) is 4.74 Å². The molecule has 1 aliphatic rings. The highest BCUT2D eigenvalue weighted by molar-refractivity contribution is 7.99. The Hall–Kier alpha value is -2.74. The van der Waals surface area contributed by atoms with Crippen LogP contribution in [0.5, 0.6) is 5.75 Å². The number of aromatic nitrogens is 3. The van der Waals surface area contributed by atoms with Crippen LogP contribution >= 0.6 is 11.8 Å². The number of nitrogens with zero attached hydrogens (tertiary/aromatic N) is 4. The highest BCUT2D eigenvalue weighted by Gasteiger charge is 2.22. The fraction of sp³-hybridized carbons (Fsp3) is 0.118. The molecule has 0 radical (unpaired) electrons. The molecule has 0 fully saturated rings. The van der Waals surface area contributed by atoms with Crippen LogP contribution in [0.4, 0.5) is 8.78 Å². The summed E-state index contributed by atoms with van der Waals surface area (Å²) in [5, 5.41) is 13.2. The smallest absolute Gasteiger partial charge is 0.212 e. The predicted molar refractivity (Wildman–Crippen MR) is 89.8 cm³/mol. The van der Waals surface area contributed by atoms with Gasteiger partial charge in [0.15, 0.2) is 5.82 Å². The lowest BCUT2D eigenvalue weighted by Gasteiger charge is -2.14. The molecule has 1 aliphatic heterocycles. The summed E-state index contributed by atoms with van der Waals surface area (Å²) in [5.41, 5.74) is 0.763. The summed E-state index contributed by atoms with van der Waals surface area (Å²) in [7, 11) is 0. The molecule has 25 heavy (non-hydrogen) atoms. The minimum Gasteiger partial charge on any atom is -0.486 e. The number of ether oxygens (including phenoxy) is 1. The van der Waals surface area contributed by atoms with Crippen LogP contribution in [0.1, 0.15) is 11.4 Å². The van der Waals surface area contributed by atoms with E-state index in [9.17, 15) is 8.78 Å². The van der Waals surface area contributed by atoms with Crippen LogP contribution in [0.2, 0.25) is 0 Å². The molecular formula is C17H12F2N4OS. The molecule has 0 spiro atoms.